The SMILES string of the molecule is C=C(C)N=NC(O)=C(C)C. The number of aliphatic hydroxyl groups is 1. The zero-order valence-electron chi connectivity index (χ0n) is 6.55. The first-order chi connectivity index (χ1) is 4.54. The largest absolute Gasteiger partial charge is 0.492 e. The molecular formula is C7H12N2O. The second kappa shape index (κ2) is 3.82. The lowest BCUT2D eigenvalue weighted by atomic mass is 10.4. The Labute approximate surface area is 60.8 Å². The summed E-state index contributed by atoms with van der Waals surface area (Å²) in [6, 6.07) is 0. The normalized spacial score (nSPS) is 9.90. The van der Waals surface area contributed by atoms with E-state index >= 15 is 0 Å². The fourth-order valence-electron chi connectivity index (χ4n) is 0.233. The molecule has 1 N–H and O–H groups in total. The molecule has 0 amide bonds. The van der Waals surface area contributed by atoms with Crippen LogP contribution in [-0.2, 0) is 0 Å². The number of hydrogen-bond donors (Lipinski definition) is 1. The highest BCUT2D eigenvalue weighted by molar-refractivity contribution is 4.98. The zero-order valence-corrected chi connectivity index (χ0v) is 6.55. The average Bonchev–Trinajstić information content (AvgIpc) is 1.82. The van der Waals surface area contributed by atoms with Gasteiger partial charge < -0.3 is 5.11 Å². The topological polar surface area (TPSA) is 45.0 Å². The summed E-state index contributed by atoms with van der Waals surface area (Å²) in [7, 11) is 0. The summed E-state index contributed by atoms with van der Waals surface area (Å²) in [4.78, 5) is 0. The fraction of sp³-hybridized carbons (Fsp3) is 0.429. The van der Waals surface area contributed by atoms with Crippen molar-refractivity contribution in [3.8, 4) is 0 Å². The smallest absolute Gasteiger partial charge is 0.229 e. The van der Waals surface area contributed by atoms with Crippen LogP contribution in [0.15, 0.2) is 34.0 Å². The first-order valence-corrected chi connectivity index (χ1v) is 2.97. The van der Waals surface area contributed by atoms with Crippen LogP contribution < -0.4 is 0 Å². The Kier molecular flexibility index (Phi) is 3.39. The van der Waals surface area contributed by atoms with Crippen molar-refractivity contribution in [2.24, 2.45) is 10.2 Å². The molecule has 0 saturated carbocycles. The van der Waals surface area contributed by atoms with Crippen LogP contribution in [0, 0.1) is 0 Å². The third kappa shape index (κ3) is 3.83. The van der Waals surface area contributed by atoms with Crippen molar-refractivity contribution in [3.05, 3.63) is 23.7 Å². The van der Waals surface area contributed by atoms with Crippen molar-refractivity contribution in [2.75, 3.05) is 0 Å². The Morgan fingerprint density at radius 2 is 1.70 bits per heavy atom. The van der Waals surface area contributed by atoms with Gasteiger partial charge in [-0.1, -0.05) is 6.58 Å². The van der Waals surface area contributed by atoms with E-state index < -0.39 is 0 Å². The molecule has 10 heavy (non-hydrogen) atoms. The van der Waals surface area contributed by atoms with E-state index in [1.807, 2.05) is 0 Å². The van der Waals surface area contributed by atoms with E-state index in [2.05, 4.69) is 16.8 Å². The van der Waals surface area contributed by atoms with E-state index in [0.717, 1.165) is 5.57 Å². The van der Waals surface area contributed by atoms with Crippen LogP contribution in [0.5, 0.6) is 0 Å². The van der Waals surface area contributed by atoms with Gasteiger partial charge in [-0.05, 0) is 26.3 Å². The highest BCUT2D eigenvalue weighted by Crippen LogP contribution is 2.02. The Bertz CT molecular complexity index is 188. The summed E-state index contributed by atoms with van der Waals surface area (Å²) in [5, 5.41) is 16.0. The number of allylic oxidation sites excluding steroid dienone is 2. The van der Waals surface area contributed by atoms with Gasteiger partial charge in [0.1, 0.15) is 0 Å². The van der Waals surface area contributed by atoms with Gasteiger partial charge in [-0.3, -0.25) is 0 Å². The summed E-state index contributed by atoms with van der Waals surface area (Å²) >= 11 is 0. The molecule has 56 valence electrons. The minimum Gasteiger partial charge on any atom is -0.492 e. The molecular weight excluding hydrogens is 128 g/mol. The van der Waals surface area contributed by atoms with Crippen molar-refractivity contribution in [2.45, 2.75) is 20.8 Å². The molecule has 0 aromatic rings. The molecule has 0 aromatic heterocycles. The lowest BCUT2D eigenvalue weighted by Crippen LogP contribution is -1.77. The molecule has 0 heterocycles. The highest BCUT2D eigenvalue weighted by Gasteiger charge is 1.89. The van der Waals surface area contributed by atoms with Crippen molar-refractivity contribution in [3.63, 3.8) is 0 Å². The second-order valence-corrected chi connectivity index (χ2v) is 2.26. The molecule has 0 fully saturated rings. The Hall–Kier alpha value is -1.12. The molecule has 0 radical (unpaired) electrons. The van der Waals surface area contributed by atoms with Crippen LogP contribution in [0.25, 0.3) is 0 Å². The monoisotopic (exact) mass is 140 g/mol. The summed E-state index contributed by atoms with van der Waals surface area (Å²) in [5.41, 5.74) is 1.32. The first-order valence-electron chi connectivity index (χ1n) is 2.97. The van der Waals surface area contributed by atoms with E-state index in [4.69, 9.17) is 5.11 Å². The molecule has 0 atom stereocenters. The van der Waals surface area contributed by atoms with Gasteiger partial charge in [0, 0.05) is 0 Å². The predicted molar refractivity (Wildman–Crippen MR) is 40.7 cm³/mol. The highest BCUT2D eigenvalue weighted by atomic mass is 16.3. The van der Waals surface area contributed by atoms with E-state index in [9.17, 15) is 0 Å². The third-order valence-corrected chi connectivity index (χ3v) is 0.763. The molecule has 0 aliphatic carbocycles. The molecule has 0 unspecified atom stereocenters. The lowest BCUT2D eigenvalue weighted by molar-refractivity contribution is 0.392. The predicted octanol–water partition coefficient (Wildman–Crippen LogP) is 2.78. The molecule has 3 nitrogen and oxygen atoms in total. The van der Waals surface area contributed by atoms with E-state index in [1.54, 1.807) is 20.8 Å². The van der Waals surface area contributed by atoms with Crippen molar-refractivity contribution < 1.29 is 5.11 Å². The summed E-state index contributed by atoms with van der Waals surface area (Å²) in [6.07, 6.45) is 0. The minimum atomic E-state index is -0.0389. The van der Waals surface area contributed by atoms with Gasteiger partial charge >= 0.3 is 0 Å². The quantitative estimate of drug-likeness (QED) is 0.465. The summed E-state index contributed by atoms with van der Waals surface area (Å²) < 4.78 is 0. The van der Waals surface area contributed by atoms with Gasteiger partial charge in [0.05, 0.1) is 5.70 Å². The molecule has 0 aromatic carbocycles. The maximum Gasteiger partial charge on any atom is 0.229 e. The van der Waals surface area contributed by atoms with E-state index in [0.29, 0.717) is 5.70 Å². The van der Waals surface area contributed by atoms with Gasteiger partial charge in [-0.2, -0.15) is 5.11 Å². The maximum absolute atomic E-state index is 8.95. The third-order valence-electron chi connectivity index (χ3n) is 0.763. The van der Waals surface area contributed by atoms with Crippen LogP contribution in [0.2, 0.25) is 0 Å². The van der Waals surface area contributed by atoms with Crippen LogP contribution in [-0.4, -0.2) is 5.11 Å². The number of aliphatic hydroxyl groups excluding tert-OH is 1. The van der Waals surface area contributed by atoms with Gasteiger partial charge in [-0.25, -0.2) is 0 Å². The Balaban J connectivity index is 4.16. The van der Waals surface area contributed by atoms with Crippen LogP contribution in [0.3, 0.4) is 0 Å². The number of nitrogens with zero attached hydrogens (tertiary/aromatic N) is 2. The van der Waals surface area contributed by atoms with E-state index in [-0.39, 0.29) is 5.88 Å². The molecule has 0 bridgehead atoms. The number of azo groups is 1. The summed E-state index contributed by atoms with van der Waals surface area (Å²) in [5.74, 6) is -0.0389. The van der Waals surface area contributed by atoms with Gasteiger partial charge in [0.2, 0.25) is 5.88 Å². The second-order valence-electron chi connectivity index (χ2n) is 2.26. The van der Waals surface area contributed by atoms with Gasteiger partial charge in [0.15, 0.2) is 0 Å². The molecule has 0 rings (SSSR count). The average molecular weight is 140 g/mol. The van der Waals surface area contributed by atoms with Gasteiger partial charge in [-0.15, -0.1) is 5.11 Å². The summed E-state index contributed by atoms with van der Waals surface area (Å²) in [6.45, 7) is 8.72. The molecule has 0 spiro atoms. The number of hydrogen-bond acceptors (Lipinski definition) is 3. The Morgan fingerprint density at radius 3 is 2.00 bits per heavy atom. The first kappa shape index (κ1) is 8.88. The van der Waals surface area contributed by atoms with E-state index in [1.165, 1.54) is 0 Å². The van der Waals surface area contributed by atoms with Crippen LogP contribution in [0.1, 0.15) is 20.8 Å². The molecule has 0 aliphatic heterocycles. The van der Waals surface area contributed by atoms with Crippen LogP contribution in [0.4, 0.5) is 0 Å². The Morgan fingerprint density at radius 1 is 1.20 bits per heavy atom. The molecule has 0 saturated heterocycles. The molecule has 3 heteroatoms. The number of rotatable bonds is 2. The van der Waals surface area contributed by atoms with Crippen LogP contribution >= 0.6 is 0 Å². The standard InChI is InChI=1S/C7H12N2O/c1-5(2)7(10)9-8-6(3)4/h10H,3H2,1-2,4H3. The fourth-order valence-corrected chi connectivity index (χ4v) is 0.233. The molecule has 0 aliphatic rings. The maximum atomic E-state index is 8.95. The zero-order chi connectivity index (χ0) is 8.15. The van der Waals surface area contributed by atoms with Crippen molar-refractivity contribution in [1.29, 1.82) is 0 Å². The van der Waals surface area contributed by atoms with Crippen molar-refractivity contribution >= 4 is 0 Å². The minimum absolute atomic E-state index is 0.0389. The van der Waals surface area contributed by atoms with Gasteiger partial charge in [0.25, 0.3) is 0 Å². The van der Waals surface area contributed by atoms with Crippen molar-refractivity contribution in [1.82, 2.24) is 0 Å². The lowest BCUT2D eigenvalue weighted by Gasteiger charge is -1.90.